The van der Waals surface area contributed by atoms with Crippen LogP contribution in [-0.2, 0) is 11.2 Å². The van der Waals surface area contributed by atoms with Crippen molar-refractivity contribution in [3.63, 3.8) is 0 Å². The van der Waals surface area contributed by atoms with E-state index in [4.69, 9.17) is 4.74 Å². The van der Waals surface area contributed by atoms with Gasteiger partial charge in [-0.15, -0.1) is 0 Å². The molecule has 2 aromatic rings. The molecule has 1 saturated carbocycles. The van der Waals surface area contributed by atoms with E-state index in [1.165, 1.54) is 32.1 Å². The van der Waals surface area contributed by atoms with E-state index in [9.17, 15) is 4.79 Å². The van der Waals surface area contributed by atoms with Crippen LogP contribution in [-0.4, -0.2) is 27.2 Å². The summed E-state index contributed by atoms with van der Waals surface area (Å²) in [7, 11) is 0. The van der Waals surface area contributed by atoms with Crippen molar-refractivity contribution in [1.82, 2.24) is 14.6 Å². The van der Waals surface area contributed by atoms with Gasteiger partial charge >= 0.3 is 5.97 Å². The molecule has 0 spiro atoms. The van der Waals surface area contributed by atoms with Crippen LogP contribution in [0.4, 0.5) is 0 Å². The topological polar surface area (TPSA) is 56.5 Å². The van der Waals surface area contributed by atoms with Gasteiger partial charge < -0.3 is 4.74 Å². The highest BCUT2D eigenvalue weighted by Gasteiger charge is 2.17. The van der Waals surface area contributed by atoms with E-state index >= 15 is 0 Å². The van der Waals surface area contributed by atoms with Crippen molar-refractivity contribution in [3.05, 3.63) is 29.2 Å². The number of nitrogens with zero attached hydrogens (tertiary/aromatic N) is 3. The molecule has 0 amide bonds. The Morgan fingerprint density at radius 1 is 1.32 bits per heavy atom. The van der Waals surface area contributed by atoms with Crippen LogP contribution in [0.5, 0.6) is 0 Å². The molecule has 1 aliphatic carbocycles. The second-order valence-corrected chi connectivity index (χ2v) is 6.12. The number of esters is 1. The molecule has 2 heterocycles. The Balaban J connectivity index is 1.85. The van der Waals surface area contributed by atoms with Crippen LogP contribution in [0, 0.1) is 12.8 Å². The maximum Gasteiger partial charge on any atom is 0.358 e. The molecule has 0 N–H and O–H groups in total. The van der Waals surface area contributed by atoms with Gasteiger partial charge in [0.05, 0.1) is 6.61 Å². The zero-order chi connectivity index (χ0) is 15.5. The molecule has 0 radical (unpaired) electrons. The van der Waals surface area contributed by atoms with Crippen molar-refractivity contribution in [3.8, 4) is 0 Å². The lowest BCUT2D eigenvalue weighted by atomic mass is 9.86. The Kier molecular flexibility index (Phi) is 4.41. The van der Waals surface area contributed by atoms with Gasteiger partial charge in [-0.1, -0.05) is 32.1 Å². The maximum atomic E-state index is 11.8. The van der Waals surface area contributed by atoms with Crippen molar-refractivity contribution in [2.24, 2.45) is 5.92 Å². The van der Waals surface area contributed by atoms with Gasteiger partial charge in [-0.05, 0) is 32.3 Å². The van der Waals surface area contributed by atoms with E-state index < -0.39 is 0 Å². The van der Waals surface area contributed by atoms with Crippen LogP contribution in [0.25, 0.3) is 5.65 Å². The van der Waals surface area contributed by atoms with Gasteiger partial charge in [0.2, 0.25) is 0 Å². The lowest BCUT2D eigenvalue weighted by molar-refractivity contribution is 0.0519. The average molecular weight is 301 g/mol. The molecule has 5 nitrogen and oxygen atoms in total. The molecule has 0 bridgehead atoms. The van der Waals surface area contributed by atoms with E-state index in [-0.39, 0.29) is 5.97 Å². The van der Waals surface area contributed by atoms with E-state index in [0.29, 0.717) is 12.3 Å². The van der Waals surface area contributed by atoms with Crippen LogP contribution in [0.2, 0.25) is 0 Å². The minimum Gasteiger partial charge on any atom is -0.461 e. The van der Waals surface area contributed by atoms with Crippen molar-refractivity contribution in [1.29, 1.82) is 0 Å². The van der Waals surface area contributed by atoms with Gasteiger partial charge in [0.1, 0.15) is 0 Å². The molecule has 0 saturated heterocycles. The molecular formula is C17H23N3O2. The summed E-state index contributed by atoms with van der Waals surface area (Å²) in [5.74, 6) is 0.358. The van der Waals surface area contributed by atoms with Gasteiger partial charge in [-0.25, -0.2) is 14.3 Å². The lowest BCUT2D eigenvalue weighted by Crippen LogP contribution is -2.11. The van der Waals surface area contributed by atoms with Gasteiger partial charge in [0.15, 0.2) is 11.3 Å². The number of rotatable bonds is 4. The van der Waals surface area contributed by atoms with Crippen molar-refractivity contribution in [2.75, 3.05) is 6.61 Å². The highest BCUT2D eigenvalue weighted by molar-refractivity contribution is 5.88. The van der Waals surface area contributed by atoms with E-state index in [2.05, 4.69) is 16.1 Å². The first kappa shape index (κ1) is 15.0. The SMILES string of the molecule is CCOC(=O)c1cc2nc(CC3CCCCC3)cc(C)n2n1. The highest BCUT2D eigenvalue weighted by atomic mass is 16.5. The third-order valence-corrected chi connectivity index (χ3v) is 4.37. The molecule has 0 unspecified atom stereocenters. The predicted molar refractivity (Wildman–Crippen MR) is 84.0 cm³/mol. The van der Waals surface area contributed by atoms with Gasteiger partial charge in [0.25, 0.3) is 0 Å². The second kappa shape index (κ2) is 6.46. The number of hydrogen-bond acceptors (Lipinski definition) is 4. The molecular weight excluding hydrogens is 278 g/mol. The Hall–Kier alpha value is -1.91. The van der Waals surface area contributed by atoms with Crippen LogP contribution >= 0.6 is 0 Å². The Labute approximate surface area is 130 Å². The third kappa shape index (κ3) is 3.13. The lowest BCUT2D eigenvalue weighted by Gasteiger charge is -2.21. The maximum absolute atomic E-state index is 11.8. The largest absolute Gasteiger partial charge is 0.461 e. The fourth-order valence-corrected chi connectivity index (χ4v) is 3.29. The summed E-state index contributed by atoms with van der Waals surface area (Å²) >= 11 is 0. The summed E-state index contributed by atoms with van der Waals surface area (Å²) in [6.07, 6.45) is 7.68. The van der Waals surface area contributed by atoms with Crippen LogP contribution < -0.4 is 0 Å². The molecule has 0 aromatic carbocycles. The van der Waals surface area contributed by atoms with Crippen LogP contribution in [0.3, 0.4) is 0 Å². The summed E-state index contributed by atoms with van der Waals surface area (Å²) < 4.78 is 6.73. The summed E-state index contributed by atoms with van der Waals surface area (Å²) in [5, 5.41) is 4.30. The predicted octanol–water partition coefficient (Wildman–Crippen LogP) is 3.34. The Morgan fingerprint density at radius 3 is 2.82 bits per heavy atom. The molecule has 22 heavy (non-hydrogen) atoms. The quantitative estimate of drug-likeness (QED) is 0.813. The molecule has 0 atom stereocenters. The number of aromatic nitrogens is 3. The number of ether oxygens (including phenoxy) is 1. The van der Waals surface area contributed by atoms with Crippen molar-refractivity contribution < 1.29 is 9.53 Å². The first-order chi connectivity index (χ1) is 10.7. The Bertz CT molecular complexity index is 672. The minimum absolute atomic E-state index is 0.326. The first-order valence-corrected chi connectivity index (χ1v) is 8.21. The van der Waals surface area contributed by atoms with Crippen molar-refractivity contribution in [2.45, 2.75) is 52.4 Å². The summed E-state index contributed by atoms with van der Waals surface area (Å²) in [6, 6.07) is 3.80. The van der Waals surface area contributed by atoms with Crippen LogP contribution in [0.1, 0.15) is 60.9 Å². The van der Waals surface area contributed by atoms with Gasteiger partial charge in [-0.2, -0.15) is 5.10 Å². The summed E-state index contributed by atoms with van der Waals surface area (Å²) in [6.45, 7) is 4.15. The third-order valence-electron chi connectivity index (χ3n) is 4.37. The highest BCUT2D eigenvalue weighted by Crippen LogP contribution is 2.26. The fraction of sp³-hybridized carbons (Fsp3) is 0.588. The summed E-state index contributed by atoms with van der Waals surface area (Å²) in [5.41, 5.74) is 3.17. The number of fused-ring (bicyclic) bond motifs is 1. The van der Waals surface area contributed by atoms with E-state index in [1.807, 2.05) is 6.92 Å². The number of carbonyl (C=O) groups excluding carboxylic acids is 1. The number of carbonyl (C=O) groups is 1. The standard InChI is InChI=1S/C17H23N3O2/c1-3-22-17(21)15-11-16-18-14(9-12(2)20(16)19-15)10-13-7-5-4-6-8-13/h9,11,13H,3-8,10H2,1-2H3. The molecule has 3 rings (SSSR count). The number of hydrogen-bond donors (Lipinski definition) is 0. The molecule has 118 valence electrons. The molecule has 2 aromatic heterocycles. The van der Waals surface area contributed by atoms with E-state index in [1.54, 1.807) is 17.5 Å². The number of aryl methyl sites for hydroxylation is 1. The molecule has 1 fully saturated rings. The fourth-order valence-electron chi connectivity index (χ4n) is 3.29. The van der Waals surface area contributed by atoms with Gasteiger partial charge in [0, 0.05) is 17.5 Å². The first-order valence-electron chi connectivity index (χ1n) is 8.21. The summed E-state index contributed by atoms with van der Waals surface area (Å²) in [4.78, 5) is 16.5. The second-order valence-electron chi connectivity index (χ2n) is 6.12. The van der Waals surface area contributed by atoms with Gasteiger partial charge in [-0.3, -0.25) is 0 Å². The zero-order valence-corrected chi connectivity index (χ0v) is 13.3. The minimum atomic E-state index is -0.388. The smallest absolute Gasteiger partial charge is 0.358 e. The molecule has 0 aliphatic heterocycles. The monoisotopic (exact) mass is 301 g/mol. The molecule has 1 aliphatic rings. The van der Waals surface area contributed by atoms with E-state index in [0.717, 1.165) is 29.4 Å². The normalized spacial score (nSPS) is 16.1. The van der Waals surface area contributed by atoms with Crippen molar-refractivity contribution >= 4 is 11.6 Å². The molecule has 5 heteroatoms. The average Bonchev–Trinajstić information content (AvgIpc) is 2.93. The zero-order valence-electron chi connectivity index (χ0n) is 13.3. The van der Waals surface area contributed by atoms with Crippen LogP contribution in [0.15, 0.2) is 12.1 Å². The Morgan fingerprint density at radius 2 is 2.09 bits per heavy atom.